The number of nitrogens with zero attached hydrogens (tertiary/aromatic N) is 2. The number of fused-ring (bicyclic) bond motifs is 1. The Balaban J connectivity index is 2.46. The van der Waals surface area contributed by atoms with E-state index in [0.717, 1.165) is 12.1 Å². The van der Waals surface area contributed by atoms with Gasteiger partial charge in [-0.1, -0.05) is 0 Å². The van der Waals surface area contributed by atoms with Crippen molar-refractivity contribution in [1.82, 2.24) is 9.55 Å². The molecule has 0 aliphatic carbocycles. The number of imidazole rings is 1. The van der Waals surface area contributed by atoms with Crippen LogP contribution in [0.1, 0.15) is 12.2 Å². The Labute approximate surface area is 113 Å². The summed E-state index contributed by atoms with van der Waals surface area (Å²) in [5.41, 5.74) is 0.691. The highest BCUT2D eigenvalue weighted by molar-refractivity contribution is 5.76. The van der Waals surface area contributed by atoms with Crippen LogP contribution in [0.5, 0.6) is 0 Å². The number of carboxylic acid groups (broad SMARTS) is 1. The third-order valence-corrected chi connectivity index (χ3v) is 2.95. The fourth-order valence-corrected chi connectivity index (χ4v) is 2.01. The summed E-state index contributed by atoms with van der Waals surface area (Å²) in [6, 6.07) is 2.05. The van der Waals surface area contributed by atoms with Gasteiger partial charge < -0.3 is 14.4 Å². The molecule has 1 heterocycles. The molecule has 0 aliphatic heterocycles. The second kappa shape index (κ2) is 5.96. The second-order valence-electron chi connectivity index (χ2n) is 4.32. The van der Waals surface area contributed by atoms with E-state index in [1.54, 1.807) is 4.57 Å². The number of halogens is 2. The first-order valence-corrected chi connectivity index (χ1v) is 6.08. The highest BCUT2D eigenvalue weighted by Gasteiger charge is 2.15. The average molecular weight is 284 g/mol. The van der Waals surface area contributed by atoms with Crippen LogP contribution < -0.4 is 0 Å². The Morgan fingerprint density at radius 3 is 2.75 bits per heavy atom. The van der Waals surface area contributed by atoms with Crippen molar-refractivity contribution >= 4 is 17.0 Å². The molecule has 2 aromatic rings. The first-order chi connectivity index (χ1) is 9.52. The largest absolute Gasteiger partial charge is 0.481 e. The summed E-state index contributed by atoms with van der Waals surface area (Å²) in [5.74, 6) is -2.37. The number of aliphatic carboxylic acids is 1. The molecule has 0 radical (unpaired) electrons. The van der Waals surface area contributed by atoms with Gasteiger partial charge in [-0.15, -0.1) is 0 Å². The van der Waals surface area contributed by atoms with E-state index in [0.29, 0.717) is 29.9 Å². The first kappa shape index (κ1) is 14.4. The Hall–Kier alpha value is -2.02. The van der Waals surface area contributed by atoms with Crippen LogP contribution in [0, 0.1) is 11.6 Å². The van der Waals surface area contributed by atoms with Gasteiger partial charge in [0.05, 0.1) is 24.1 Å². The molecule has 7 heteroatoms. The normalized spacial score (nSPS) is 11.2. The van der Waals surface area contributed by atoms with E-state index in [1.807, 2.05) is 0 Å². The molecule has 2 rings (SSSR count). The van der Waals surface area contributed by atoms with Gasteiger partial charge in [-0.25, -0.2) is 13.8 Å². The van der Waals surface area contributed by atoms with E-state index in [1.165, 1.54) is 7.11 Å². The molecule has 5 nitrogen and oxygen atoms in total. The first-order valence-electron chi connectivity index (χ1n) is 6.08. The number of rotatable bonds is 6. The van der Waals surface area contributed by atoms with E-state index in [4.69, 9.17) is 9.84 Å². The van der Waals surface area contributed by atoms with Gasteiger partial charge in [-0.2, -0.15) is 0 Å². The molecule has 0 amide bonds. The van der Waals surface area contributed by atoms with Crippen LogP contribution >= 0.6 is 0 Å². The molecule has 0 bridgehead atoms. The minimum Gasteiger partial charge on any atom is -0.481 e. The average Bonchev–Trinajstić information content (AvgIpc) is 2.71. The summed E-state index contributed by atoms with van der Waals surface area (Å²) in [6.45, 7) is 0.539. The molecule has 108 valence electrons. The van der Waals surface area contributed by atoms with Gasteiger partial charge in [0.1, 0.15) is 5.82 Å². The smallest absolute Gasteiger partial charge is 0.305 e. The van der Waals surface area contributed by atoms with Crippen LogP contribution in [-0.2, 0) is 22.5 Å². The van der Waals surface area contributed by atoms with E-state index in [2.05, 4.69) is 4.98 Å². The fraction of sp³-hybridized carbons (Fsp3) is 0.385. The standard InChI is InChI=1S/C13H14F2N2O3/c1-20-5-3-12-16-10-6-8(14)9(15)7-11(10)17(12)4-2-13(18)19/h6-7H,2-5H2,1H3,(H,18,19). The number of hydrogen-bond acceptors (Lipinski definition) is 3. The number of carbonyl (C=O) groups is 1. The van der Waals surface area contributed by atoms with Crippen molar-refractivity contribution in [2.24, 2.45) is 0 Å². The number of benzene rings is 1. The lowest BCUT2D eigenvalue weighted by atomic mass is 10.3. The van der Waals surface area contributed by atoms with Gasteiger partial charge in [-0.3, -0.25) is 4.79 Å². The Morgan fingerprint density at radius 1 is 1.40 bits per heavy atom. The quantitative estimate of drug-likeness (QED) is 0.881. The van der Waals surface area contributed by atoms with Crippen molar-refractivity contribution in [3.05, 3.63) is 29.6 Å². The van der Waals surface area contributed by atoms with Crippen molar-refractivity contribution < 1.29 is 23.4 Å². The number of aromatic nitrogens is 2. The van der Waals surface area contributed by atoms with Gasteiger partial charge in [0, 0.05) is 32.2 Å². The molecule has 1 aromatic heterocycles. The maximum Gasteiger partial charge on any atom is 0.305 e. The van der Waals surface area contributed by atoms with Crippen LogP contribution in [-0.4, -0.2) is 34.3 Å². The Morgan fingerprint density at radius 2 is 2.10 bits per heavy atom. The second-order valence-corrected chi connectivity index (χ2v) is 4.32. The molecule has 0 saturated heterocycles. The van der Waals surface area contributed by atoms with E-state index in [-0.39, 0.29) is 13.0 Å². The Kier molecular flexibility index (Phi) is 4.29. The summed E-state index contributed by atoms with van der Waals surface area (Å²) in [5, 5.41) is 8.76. The molecule has 0 atom stereocenters. The molecule has 0 aliphatic rings. The SMILES string of the molecule is COCCc1nc2cc(F)c(F)cc2n1CCC(=O)O. The topological polar surface area (TPSA) is 64.4 Å². The maximum absolute atomic E-state index is 13.3. The summed E-state index contributed by atoms with van der Waals surface area (Å²) in [6.07, 6.45) is 0.318. The minimum atomic E-state index is -0.979. The lowest BCUT2D eigenvalue weighted by molar-refractivity contribution is -0.137. The van der Waals surface area contributed by atoms with Crippen LogP contribution in [0.4, 0.5) is 8.78 Å². The number of aryl methyl sites for hydroxylation is 1. The molecule has 20 heavy (non-hydrogen) atoms. The zero-order chi connectivity index (χ0) is 14.7. The van der Waals surface area contributed by atoms with Gasteiger partial charge in [0.15, 0.2) is 11.6 Å². The van der Waals surface area contributed by atoms with E-state index < -0.39 is 17.6 Å². The van der Waals surface area contributed by atoms with Crippen LogP contribution in [0.25, 0.3) is 11.0 Å². The van der Waals surface area contributed by atoms with Crippen LogP contribution in [0.3, 0.4) is 0 Å². The van der Waals surface area contributed by atoms with Gasteiger partial charge in [0.2, 0.25) is 0 Å². The van der Waals surface area contributed by atoms with Gasteiger partial charge >= 0.3 is 5.97 Å². The number of carboxylic acids is 1. The molecule has 1 aromatic carbocycles. The van der Waals surface area contributed by atoms with Crippen molar-refractivity contribution in [1.29, 1.82) is 0 Å². The lowest BCUT2D eigenvalue weighted by Crippen LogP contribution is -2.10. The molecule has 0 fully saturated rings. The van der Waals surface area contributed by atoms with Crippen molar-refractivity contribution in [2.45, 2.75) is 19.4 Å². The van der Waals surface area contributed by atoms with Crippen LogP contribution in [0.2, 0.25) is 0 Å². The third-order valence-electron chi connectivity index (χ3n) is 2.95. The molecule has 0 unspecified atom stereocenters. The summed E-state index contributed by atoms with van der Waals surface area (Å²) >= 11 is 0. The van der Waals surface area contributed by atoms with Crippen LogP contribution in [0.15, 0.2) is 12.1 Å². The highest BCUT2D eigenvalue weighted by Crippen LogP contribution is 2.21. The lowest BCUT2D eigenvalue weighted by Gasteiger charge is -2.07. The van der Waals surface area contributed by atoms with E-state index >= 15 is 0 Å². The monoisotopic (exact) mass is 284 g/mol. The van der Waals surface area contributed by atoms with Gasteiger partial charge in [0.25, 0.3) is 0 Å². The maximum atomic E-state index is 13.3. The van der Waals surface area contributed by atoms with Crippen molar-refractivity contribution in [2.75, 3.05) is 13.7 Å². The predicted octanol–water partition coefficient (Wildman–Crippen LogP) is 1.98. The Bertz CT molecular complexity index is 640. The zero-order valence-corrected chi connectivity index (χ0v) is 10.9. The summed E-state index contributed by atoms with van der Waals surface area (Å²) < 4.78 is 33.1. The zero-order valence-electron chi connectivity index (χ0n) is 10.9. The molecule has 0 saturated carbocycles. The molecule has 1 N–H and O–H groups in total. The van der Waals surface area contributed by atoms with E-state index in [9.17, 15) is 13.6 Å². The highest BCUT2D eigenvalue weighted by atomic mass is 19.2. The minimum absolute atomic E-state index is 0.121. The number of methoxy groups -OCH3 is 1. The molecule has 0 spiro atoms. The third kappa shape index (κ3) is 2.93. The van der Waals surface area contributed by atoms with Gasteiger partial charge in [-0.05, 0) is 0 Å². The molecular weight excluding hydrogens is 270 g/mol. The van der Waals surface area contributed by atoms with Crippen molar-refractivity contribution in [3.63, 3.8) is 0 Å². The number of hydrogen-bond donors (Lipinski definition) is 1. The summed E-state index contributed by atoms with van der Waals surface area (Å²) in [4.78, 5) is 14.9. The van der Waals surface area contributed by atoms with Crippen molar-refractivity contribution in [3.8, 4) is 0 Å². The summed E-state index contributed by atoms with van der Waals surface area (Å²) in [7, 11) is 1.53. The fourth-order valence-electron chi connectivity index (χ4n) is 2.01. The predicted molar refractivity (Wildman–Crippen MR) is 67.5 cm³/mol. The number of ether oxygens (including phenoxy) is 1. The molecular formula is C13H14F2N2O3.